The van der Waals surface area contributed by atoms with E-state index in [0.29, 0.717) is 10.6 Å². The average Bonchev–Trinajstić information content (AvgIpc) is 2.68. The van der Waals surface area contributed by atoms with Gasteiger partial charge >= 0.3 is 0 Å². The van der Waals surface area contributed by atoms with Gasteiger partial charge in [0, 0.05) is 27.1 Å². The fourth-order valence-electron chi connectivity index (χ4n) is 2.32. The highest BCUT2D eigenvalue weighted by molar-refractivity contribution is 7.99. The number of carbonyl (C=O) groups excluding carboxylic acids is 2. The number of pyridine rings is 1. The highest BCUT2D eigenvalue weighted by atomic mass is 35.5. The number of hydrogen-bond donors (Lipinski definition) is 0. The molecule has 0 bridgehead atoms. The van der Waals surface area contributed by atoms with Crippen LogP contribution in [0.5, 0.6) is 5.88 Å². The van der Waals surface area contributed by atoms with Crippen molar-refractivity contribution in [2.45, 2.75) is 16.4 Å². The normalized spacial score (nSPS) is 10.4. The molecule has 0 saturated carbocycles. The van der Waals surface area contributed by atoms with Gasteiger partial charge in [0.25, 0.3) is 0 Å². The van der Waals surface area contributed by atoms with Crippen molar-refractivity contribution in [1.82, 2.24) is 4.98 Å². The zero-order valence-electron chi connectivity index (χ0n) is 13.9. The zero-order chi connectivity index (χ0) is 19.2. The van der Waals surface area contributed by atoms with Crippen molar-refractivity contribution in [2.75, 3.05) is 0 Å². The second-order valence-corrected chi connectivity index (χ2v) is 6.99. The first kappa shape index (κ1) is 18.9. The minimum Gasteiger partial charge on any atom is -0.541 e. The Morgan fingerprint density at radius 2 is 1.74 bits per heavy atom. The standard InChI is InChI=1S/C20H14ClNO4S/c21-17-10-15(27-14-7-2-1-3-8-14)11-22-19(17)26-12-13-6-4-5-9-16(13)18(23)20(24)25/h1-11H,12H2,(H,24,25)/p-1. The van der Waals surface area contributed by atoms with Gasteiger partial charge in [-0.2, -0.15) is 0 Å². The molecule has 3 rings (SSSR count). The highest BCUT2D eigenvalue weighted by Gasteiger charge is 2.13. The van der Waals surface area contributed by atoms with E-state index in [1.165, 1.54) is 17.8 Å². The van der Waals surface area contributed by atoms with E-state index in [1.807, 2.05) is 30.3 Å². The van der Waals surface area contributed by atoms with Crippen LogP contribution in [0.2, 0.25) is 5.02 Å². The van der Waals surface area contributed by atoms with Crippen LogP contribution in [0.4, 0.5) is 0 Å². The summed E-state index contributed by atoms with van der Waals surface area (Å²) in [5.41, 5.74) is 0.428. The van der Waals surface area contributed by atoms with Crippen LogP contribution in [0, 0.1) is 0 Å². The number of carbonyl (C=O) groups is 2. The highest BCUT2D eigenvalue weighted by Crippen LogP contribution is 2.32. The zero-order valence-corrected chi connectivity index (χ0v) is 15.5. The lowest BCUT2D eigenvalue weighted by Crippen LogP contribution is -2.32. The van der Waals surface area contributed by atoms with Crippen molar-refractivity contribution in [3.63, 3.8) is 0 Å². The number of aliphatic carboxylic acids is 1. The van der Waals surface area contributed by atoms with Crippen molar-refractivity contribution in [2.24, 2.45) is 0 Å². The lowest BCUT2D eigenvalue weighted by Gasteiger charge is -2.11. The Morgan fingerprint density at radius 3 is 2.44 bits per heavy atom. The minimum absolute atomic E-state index is 0.0184. The van der Waals surface area contributed by atoms with Crippen LogP contribution >= 0.6 is 23.4 Å². The van der Waals surface area contributed by atoms with Crippen molar-refractivity contribution in [3.05, 3.63) is 83.0 Å². The predicted molar refractivity (Wildman–Crippen MR) is 99.9 cm³/mol. The van der Waals surface area contributed by atoms with Gasteiger partial charge in [-0.25, -0.2) is 4.98 Å². The van der Waals surface area contributed by atoms with Gasteiger partial charge in [-0.1, -0.05) is 65.8 Å². The smallest absolute Gasteiger partial charge is 0.232 e. The first-order valence-corrected chi connectivity index (χ1v) is 9.09. The maximum atomic E-state index is 11.7. The fraction of sp³-hybridized carbons (Fsp3) is 0.0500. The molecule has 0 spiro atoms. The summed E-state index contributed by atoms with van der Waals surface area (Å²) in [7, 11) is 0. The van der Waals surface area contributed by atoms with Gasteiger partial charge in [-0.15, -0.1) is 0 Å². The maximum absolute atomic E-state index is 11.7. The molecule has 0 fully saturated rings. The molecule has 3 aromatic rings. The molecule has 1 heterocycles. The molecule has 0 aliphatic heterocycles. The molecule has 27 heavy (non-hydrogen) atoms. The predicted octanol–water partition coefficient (Wildman–Crippen LogP) is 3.40. The number of Topliss-reactive ketones (excluding diaryl/α,β-unsaturated/α-hetero) is 1. The Bertz CT molecular complexity index is 979. The van der Waals surface area contributed by atoms with Crippen LogP contribution in [-0.2, 0) is 11.4 Å². The molecular weight excluding hydrogens is 386 g/mol. The molecule has 0 aliphatic carbocycles. The van der Waals surface area contributed by atoms with Gasteiger partial charge in [0.15, 0.2) is 0 Å². The number of benzene rings is 2. The molecule has 0 radical (unpaired) electrons. The third kappa shape index (κ3) is 4.87. The third-order valence-electron chi connectivity index (χ3n) is 3.57. The largest absolute Gasteiger partial charge is 0.541 e. The van der Waals surface area contributed by atoms with Crippen molar-refractivity contribution in [3.8, 4) is 5.88 Å². The summed E-state index contributed by atoms with van der Waals surface area (Å²) in [6.45, 7) is -0.0485. The van der Waals surface area contributed by atoms with Crippen molar-refractivity contribution in [1.29, 1.82) is 0 Å². The number of ketones is 1. The van der Waals surface area contributed by atoms with Crippen molar-refractivity contribution < 1.29 is 19.4 Å². The van der Waals surface area contributed by atoms with Crippen LogP contribution < -0.4 is 9.84 Å². The molecule has 0 atom stereocenters. The van der Waals surface area contributed by atoms with E-state index in [0.717, 1.165) is 9.79 Å². The first-order valence-electron chi connectivity index (χ1n) is 7.89. The lowest BCUT2D eigenvalue weighted by atomic mass is 10.0. The number of aromatic nitrogens is 1. The molecule has 0 N–H and O–H groups in total. The van der Waals surface area contributed by atoms with E-state index < -0.39 is 11.8 Å². The van der Waals surface area contributed by atoms with E-state index in [-0.39, 0.29) is 18.1 Å². The molecule has 0 saturated heterocycles. The van der Waals surface area contributed by atoms with Gasteiger partial charge in [0.1, 0.15) is 17.6 Å². The summed E-state index contributed by atoms with van der Waals surface area (Å²) in [6, 6.07) is 17.8. The number of carboxylic acid groups (broad SMARTS) is 1. The molecule has 0 unspecified atom stereocenters. The summed E-state index contributed by atoms with van der Waals surface area (Å²) < 4.78 is 5.58. The third-order valence-corrected chi connectivity index (χ3v) is 4.81. The van der Waals surface area contributed by atoms with E-state index >= 15 is 0 Å². The summed E-state index contributed by atoms with van der Waals surface area (Å²) in [5.74, 6) is -2.66. The van der Waals surface area contributed by atoms with Crippen LogP contribution in [0.3, 0.4) is 0 Å². The quantitative estimate of drug-likeness (QED) is 0.448. The Hall–Kier alpha value is -2.83. The number of halogens is 1. The Labute approximate surface area is 165 Å². The van der Waals surface area contributed by atoms with E-state index in [1.54, 1.807) is 30.5 Å². The molecule has 5 nitrogen and oxygen atoms in total. The Balaban J connectivity index is 1.72. The van der Waals surface area contributed by atoms with Crippen LogP contribution in [-0.4, -0.2) is 16.7 Å². The molecule has 0 aliphatic rings. The number of ether oxygens (including phenoxy) is 1. The van der Waals surface area contributed by atoms with E-state index in [9.17, 15) is 14.7 Å². The molecule has 2 aromatic carbocycles. The summed E-state index contributed by atoms with van der Waals surface area (Å²) in [6.07, 6.45) is 1.64. The summed E-state index contributed by atoms with van der Waals surface area (Å²) in [5, 5.41) is 11.1. The number of hydrogen-bond acceptors (Lipinski definition) is 6. The van der Waals surface area contributed by atoms with Gasteiger partial charge < -0.3 is 14.6 Å². The monoisotopic (exact) mass is 398 g/mol. The first-order chi connectivity index (χ1) is 13.0. The Kier molecular flexibility index (Phi) is 6.11. The summed E-state index contributed by atoms with van der Waals surface area (Å²) >= 11 is 7.76. The van der Waals surface area contributed by atoms with E-state index in [2.05, 4.69) is 4.98 Å². The minimum atomic E-state index is -1.76. The number of rotatable bonds is 7. The number of nitrogens with zero attached hydrogens (tertiary/aromatic N) is 1. The lowest BCUT2D eigenvalue weighted by molar-refractivity contribution is -0.296. The van der Waals surface area contributed by atoms with E-state index in [4.69, 9.17) is 16.3 Å². The summed E-state index contributed by atoms with van der Waals surface area (Å²) in [4.78, 5) is 28.6. The average molecular weight is 399 g/mol. The SMILES string of the molecule is O=C([O-])C(=O)c1ccccc1COc1ncc(Sc2ccccc2)cc1Cl. The van der Waals surface area contributed by atoms with Crippen LogP contribution in [0.25, 0.3) is 0 Å². The second-order valence-electron chi connectivity index (χ2n) is 5.44. The van der Waals surface area contributed by atoms with Gasteiger partial charge in [-0.3, -0.25) is 4.79 Å². The topological polar surface area (TPSA) is 79.3 Å². The second kappa shape index (κ2) is 8.70. The fourth-order valence-corrected chi connectivity index (χ4v) is 3.45. The molecule has 7 heteroatoms. The van der Waals surface area contributed by atoms with Gasteiger partial charge in [-0.05, 0) is 18.2 Å². The van der Waals surface area contributed by atoms with Crippen LogP contribution in [0.1, 0.15) is 15.9 Å². The molecular formula is C20H13ClNO4S-. The van der Waals surface area contributed by atoms with Gasteiger partial charge in [0.2, 0.25) is 11.7 Å². The maximum Gasteiger partial charge on any atom is 0.232 e. The van der Waals surface area contributed by atoms with Crippen molar-refractivity contribution >= 4 is 35.1 Å². The molecule has 136 valence electrons. The number of carboxylic acids is 1. The molecule has 1 aromatic heterocycles. The Morgan fingerprint density at radius 1 is 1.04 bits per heavy atom. The molecule has 0 amide bonds. The van der Waals surface area contributed by atoms with Crippen LogP contribution in [0.15, 0.2) is 76.7 Å². The van der Waals surface area contributed by atoms with Gasteiger partial charge in [0.05, 0.1) is 0 Å².